The van der Waals surface area contributed by atoms with Crippen LogP contribution in [0.3, 0.4) is 0 Å². The van der Waals surface area contributed by atoms with Gasteiger partial charge in [-0.15, -0.1) is 0 Å². The van der Waals surface area contributed by atoms with Crippen molar-refractivity contribution in [2.24, 2.45) is 17.8 Å². The highest BCUT2D eigenvalue weighted by molar-refractivity contribution is 6.35. The Morgan fingerprint density at radius 2 is 1.59 bits per heavy atom. The third kappa shape index (κ3) is 5.07. The lowest BCUT2D eigenvalue weighted by Crippen LogP contribution is -2.34. The molecule has 2 nitrogen and oxygen atoms in total. The molecule has 0 spiro atoms. The van der Waals surface area contributed by atoms with Gasteiger partial charge < -0.3 is 4.43 Å². The van der Waals surface area contributed by atoms with Gasteiger partial charge in [0.25, 0.3) is 0 Å². The maximum atomic E-state index is 11.5. The SMILES string of the molecule is C=C(C)C(=O)O[SiH2]C(C)(C)C(C(C)C)C(C)C. The normalized spacial score (nSPS) is 13.1. The van der Waals surface area contributed by atoms with Gasteiger partial charge in [-0.05, 0) is 29.7 Å². The summed E-state index contributed by atoms with van der Waals surface area (Å²) in [6.45, 7) is 18.8. The zero-order valence-corrected chi connectivity index (χ0v) is 13.9. The van der Waals surface area contributed by atoms with Gasteiger partial charge in [0.2, 0.25) is 9.76 Å². The van der Waals surface area contributed by atoms with E-state index in [9.17, 15) is 4.79 Å². The molecule has 100 valence electrons. The minimum atomic E-state index is -0.894. The summed E-state index contributed by atoms with van der Waals surface area (Å²) in [5.74, 6) is 1.59. The smallest absolute Gasteiger partial charge is 0.319 e. The van der Waals surface area contributed by atoms with Crippen molar-refractivity contribution >= 4 is 15.7 Å². The second-order valence-electron chi connectivity index (χ2n) is 6.36. The van der Waals surface area contributed by atoms with Crippen molar-refractivity contribution in [2.75, 3.05) is 0 Å². The molecule has 0 fully saturated rings. The van der Waals surface area contributed by atoms with Crippen molar-refractivity contribution in [1.29, 1.82) is 0 Å². The van der Waals surface area contributed by atoms with E-state index in [-0.39, 0.29) is 11.0 Å². The van der Waals surface area contributed by atoms with Crippen molar-refractivity contribution < 1.29 is 9.22 Å². The summed E-state index contributed by atoms with van der Waals surface area (Å²) < 4.78 is 5.45. The topological polar surface area (TPSA) is 26.3 Å². The third-order valence-electron chi connectivity index (χ3n) is 3.26. The van der Waals surface area contributed by atoms with Crippen LogP contribution in [0.1, 0.15) is 48.5 Å². The molecule has 0 saturated carbocycles. The predicted molar refractivity (Wildman–Crippen MR) is 76.7 cm³/mol. The molecule has 0 aromatic carbocycles. The summed E-state index contributed by atoms with van der Waals surface area (Å²) in [6, 6.07) is 0. The summed E-state index contributed by atoms with van der Waals surface area (Å²) in [5.41, 5.74) is 0.499. The van der Waals surface area contributed by atoms with Gasteiger partial charge in [-0.2, -0.15) is 0 Å². The van der Waals surface area contributed by atoms with Crippen molar-refractivity contribution in [3.05, 3.63) is 12.2 Å². The molecule has 0 radical (unpaired) electrons. The van der Waals surface area contributed by atoms with Crippen molar-refractivity contribution in [3.8, 4) is 0 Å². The van der Waals surface area contributed by atoms with Gasteiger partial charge in [-0.25, -0.2) is 4.79 Å². The molecule has 0 aliphatic rings. The van der Waals surface area contributed by atoms with Crippen LogP contribution in [0.4, 0.5) is 0 Å². The molecule has 0 unspecified atom stereocenters. The second kappa shape index (κ2) is 6.38. The van der Waals surface area contributed by atoms with E-state index in [0.29, 0.717) is 23.3 Å². The number of carbonyl (C=O) groups is 1. The molecule has 0 aromatic heterocycles. The maximum Gasteiger partial charge on any atom is 0.319 e. The Hall–Kier alpha value is -0.573. The lowest BCUT2D eigenvalue weighted by molar-refractivity contribution is -0.130. The average Bonchev–Trinajstić information content (AvgIpc) is 2.11. The van der Waals surface area contributed by atoms with Gasteiger partial charge in [-0.3, -0.25) is 0 Å². The van der Waals surface area contributed by atoms with Crippen LogP contribution in [0.15, 0.2) is 12.2 Å². The monoisotopic (exact) mass is 256 g/mol. The van der Waals surface area contributed by atoms with E-state index in [0.717, 1.165) is 0 Å². The number of carbonyl (C=O) groups excluding carboxylic acids is 1. The largest absolute Gasteiger partial charge is 0.521 e. The summed E-state index contributed by atoms with van der Waals surface area (Å²) in [5, 5.41) is 0.132. The van der Waals surface area contributed by atoms with E-state index in [1.807, 2.05) is 0 Å². The van der Waals surface area contributed by atoms with E-state index >= 15 is 0 Å². The average molecular weight is 256 g/mol. The second-order valence-corrected chi connectivity index (χ2v) is 8.76. The zero-order valence-electron chi connectivity index (χ0n) is 12.5. The van der Waals surface area contributed by atoms with E-state index < -0.39 is 9.76 Å². The van der Waals surface area contributed by atoms with E-state index in [4.69, 9.17) is 4.43 Å². The predicted octanol–water partition coefficient (Wildman–Crippen LogP) is 3.32. The Bertz CT molecular complexity index is 272. The third-order valence-corrected chi connectivity index (χ3v) is 4.88. The molecular formula is C14H28O2Si. The number of hydrogen-bond donors (Lipinski definition) is 0. The highest BCUT2D eigenvalue weighted by Gasteiger charge is 2.35. The Morgan fingerprint density at radius 1 is 1.18 bits per heavy atom. The molecule has 0 N–H and O–H groups in total. The summed E-state index contributed by atoms with van der Waals surface area (Å²) in [7, 11) is -0.894. The summed E-state index contributed by atoms with van der Waals surface area (Å²) in [6.07, 6.45) is 0. The molecule has 0 atom stereocenters. The Morgan fingerprint density at radius 3 is 1.88 bits per heavy atom. The molecule has 0 rings (SSSR count). The highest BCUT2D eigenvalue weighted by atomic mass is 28.2. The van der Waals surface area contributed by atoms with Gasteiger partial charge in [0.05, 0.1) is 0 Å². The molecule has 0 saturated heterocycles. The lowest BCUT2D eigenvalue weighted by Gasteiger charge is -2.39. The highest BCUT2D eigenvalue weighted by Crippen LogP contribution is 2.43. The van der Waals surface area contributed by atoms with Crippen LogP contribution in [0.2, 0.25) is 5.04 Å². The standard InChI is InChI=1S/C14H28O2Si/c1-9(2)12(10(3)4)14(7,8)17-16-13(15)11(5)6/h9-10,12H,5,17H2,1-4,6-8H3. The van der Waals surface area contributed by atoms with Crippen LogP contribution in [-0.4, -0.2) is 15.7 Å². The lowest BCUT2D eigenvalue weighted by atomic mass is 9.77. The number of hydrogen-bond acceptors (Lipinski definition) is 2. The summed E-state index contributed by atoms with van der Waals surface area (Å²) >= 11 is 0. The molecule has 0 aromatic rings. The molecule has 0 amide bonds. The molecular weight excluding hydrogens is 228 g/mol. The Labute approximate surface area is 109 Å². The number of rotatable bonds is 6. The first-order chi connectivity index (χ1) is 7.59. The van der Waals surface area contributed by atoms with Crippen molar-refractivity contribution in [2.45, 2.75) is 53.5 Å². The van der Waals surface area contributed by atoms with Gasteiger partial charge in [0.15, 0.2) is 0 Å². The first-order valence-corrected chi connectivity index (χ1v) is 7.70. The van der Waals surface area contributed by atoms with Crippen LogP contribution >= 0.6 is 0 Å². The van der Waals surface area contributed by atoms with Gasteiger partial charge in [-0.1, -0.05) is 48.1 Å². The van der Waals surface area contributed by atoms with Crippen LogP contribution < -0.4 is 0 Å². The van der Waals surface area contributed by atoms with Gasteiger partial charge in [0.1, 0.15) is 0 Å². The van der Waals surface area contributed by atoms with Crippen LogP contribution in [0.5, 0.6) is 0 Å². The minimum absolute atomic E-state index is 0.132. The maximum absolute atomic E-state index is 11.5. The first kappa shape index (κ1) is 16.4. The van der Waals surface area contributed by atoms with Crippen molar-refractivity contribution in [1.82, 2.24) is 0 Å². The molecule has 0 aliphatic carbocycles. The van der Waals surface area contributed by atoms with E-state index in [1.165, 1.54) is 0 Å². The molecule has 0 bridgehead atoms. The fraction of sp³-hybridized carbons (Fsp3) is 0.786. The first-order valence-electron chi connectivity index (χ1n) is 6.42. The quantitative estimate of drug-likeness (QED) is 0.538. The Balaban J connectivity index is 4.64. The minimum Gasteiger partial charge on any atom is -0.521 e. The molecule has 0 aliphatic heterocycles. The van der Waals surface area contributed by atoms with Crippen LogP contribution in [0.25, 0.3) is 0 Å². The molecule has 0 heterocycles. The summed E-state index contributed by atoms with van der Waals surface area (Å²) in [4.78, 5) is 11.5. The van der Waals surface area contributed by atoms with Gasteiger partial charge in [0, 0.05) is 5.57 Å². The van der Waals surface area contributed by atoms with Crippen LogP contribution in [-0.2, 0) is 9.22 Å². The fourth-order valence-corrected chi connectivity index (χ4v) is 4.93. The van der Waals surface area contributed by atoms with Gasteiger partial charge >= 0.3 is 5.97 Å². The van der Waals surface area contributed by atoms with E-state index in [2.05, 4.69) is 48.1 Å². The zero-order chi connectivity index (χ0) is 13.8. The van der Waals surface area contributed by atoms with E-state index in [1.54, 1.807) is 6.92 Å². The Kier molecular flexibility index (Phi) is 6.17. The van der Waals surface area contributed by atoms with Crippen LogP contribution in [0, 0.1) is 17.8 Å². The molecule has 17 heavy (non-hydrogen) atoms. The van der Waals surface area contributed by atoms with Crippen molar-refractivity contribution in [3.63, 3.8) is 0 Å². The molecule has 3 heteroatoms. The fourth-order valence-electron chi connectivity index (χ4n) is 3.05.